The standard InChI is InChI=1S/C12H24N2O3/c1-4-7-8-13-10(15)9-14-12(5-2,6-3)11(16)17/h14H,4-9H2,1-3H3,(H,13,15)(H,16,17). The van der Waals surface area contributed by atoms with Crippen molar-refractivity contribution in [3.8, 4) is 0 Å². The van der Waals surface area contributed by atoms with E-state index in [2.05, 4.69) is 10.6 Å². The van der Waals surface area contributed by atoms with Gasteiger partial charge in [-0.1, -0.05) is 27.2 Å². The highest BCUT2D eigenvalue weighted by molar-refractivity contribution is 5.82. The lowest BCUT2D eigenvalue weighted by Gasteiger charge is -2.27. The van der Waals surface area contributed by atoms with Crippen molar-refractivity contribution in [3.05, 3.63) is 0 Å². The normalized spacial score (nSPS) is 11.2. The van der Waals surface area contributed by atoms with Gasteiger partial charge in [0.1, 0.15) is 5.54 Å². The predicted molar refractivity (Wildman–Crippen MR) is 66.9 cm³/mol. The van der Waals surface area contributed by atoms with E-state index in [1.807, 2.05) is 6.92 Å². The Labute approximate surface area is 103 Å². The first kappa shape index (κ1) is 15.9. The lowest BCUT2D eigenvalue weighted by atomic mass is 9.93. The van der Waals surface area contributed by atoms with Gasteiger partial charge in [0.05, 0.1) is 6.54 Å². The molecule has 0 aromatic heterocycles. The number of carbonyl (C=O) groups is 2. The van der Waals surface area contributed by atoms with Crippen LogP contribution in [0.25, 0.3) is 0 Å². The molecule has 0 unspecified atom stereocenters. The quantitative estimate of drug-likeness (QED) is 0.531. The molecule has 1 amide bonds. The molecule has 0 saturated carbocycles. The van der Waals surface area contributed by atoms with Crippen molar-refractivity contribution in [3.63, 3.8) is 0 Å². The first-order chi connectivity index (χ1) is 8.02. The molecule has 0 fully saturated rings. The van der Waals surface area contributed by atoms with Gasteiger partial charge < -0.3 is 10.4 Å². The molecule has 3 N–H and O–H groups in total. The zero-order valence-corrected chi connectivity index (χ0v) is 11.0. The van der Waals surface area contributed by atoms with Crippen molar-refractivity contribution >= 4 is 11.9 Å². The third-order valence-electron chi connectivity index (χ3n) is 3.06. The number of nitrogens with one attached hydrogen (secondary N) is 2. The minimum atomic E-state index is -0.984. The summed E-state index contributed by atoms with van der Waals surface area (Å²) in [5.74, 6) is -1.05. The number of carboxylic acid groups (broad SMARTS) is 1. The fourth-order valence-electron chi connectivity index (χ4n) is 1.59. The van der Waals surface area contributed by atoms with Crippen LogP contribution in [-0.4, -0.2) is 35.6 Å². The number of hydrogen-bond acceptors (Lipinski definition) is 3. The van der Waals surface area contributed by atoms with E-state index in [9.17, 15) is 9.59 Å². The fourth-order valence-corrected chi connectivity index (χ4v) is 1.59. The molecule has 0 aliphatic carbocycles. The Balaban J connectivity index is 4.13. The Morgan fingerprint density at radius 1 is 1.18 bits per heavy atom. The molecule has 0 spiro atoms. The molecule has 0 aromatic carbocycles. The van der Waals surface area contributed by atoms with Crippen molar-refractivity contribution in [1.29, 1.82) is 0 Å². The molecule has 0 radical (unpaired) electrons. The van der Waals surface area contributed by atoms with Crippen LogP contribution in [0.15, 0.2) is 0 Å². The number of carboxylic acids is 1. The van der Waals surface area contributed by atoms with E-state index in [-0.39, 0.29) is 12.5 Å². The molecule has 0 aromatic rings. The van der Waals surface area contributed by atoms with E-state index in [4.69, 9.17) is 5.11 Å². The van der Waals surface area contributed by atoms with Gasteiger partial charge in [0.25, 0.3) is 0 Å². The zero-order chi connectivity index (χ0) is 13.3. The molecule has 0 saturated heterocycles. The van der Waals surface area contributed by atoms with Crippen LogP contribution in [0.5, 0.6) is 0 Å². The summed E-state index contributed by atoms with van der Waals surface area (Å²) in [7, 11) is 0. The van der Waals surface area contributed by atoms with Gasteiger partial charge in [-0.05, 0) is 19.3 Å². The summed E-state index contributed by atoms with van der Waals surface area (Å²) in [6.45, 7) is 6.36. The minimum absolute atomic E-state index is 0.0533. The molecule has 0 rings (SSSR count). The summed E-state index contributed by atoms with van der Waals surface area (Å²) in [6, 6.07) is 0. The summed E-state index contributed by atoms with van der Waals surface area (Å²) in [4.78, 5) is 22.6. The second-order valence-electron chi connectivity index (χ2n) is 4.15. The van der Waals surface area contributed by atoms with Crippen LogP contribution in [0.1, 0.15) is 46.5 Å². The molecule has 0 aliphatic rings. The predicted octanol–water partition coefficient (Wildman–Crippen LogP) is 1.14. The molecular weight excluding hydrogens is 220 g/mol. The lowest BCUT2D eigenvalue weighted by molar-refractivity contribution is -0.145. The summed E-state index contributed by atoms with van der Waals surface area (Å²) < 4.78 is 0. The third-order valence-corrected chi connectivity index (χ3v) is 3.06. The Morgan fingerprint density at radius 3 is 2.18 bits per heavy atom. The second kappa shape index (κ2) is 8.06. The van der Waals surface area contributed by atoms with E-state index in [1.165, 1.54) is 0 Å². The number of carbonyl (C=O) groups excluding carboxylic acids is 1. The second-order valence-corrected chi connectivity index (χ2v) is 4.15. The Kier molecular flexibility index (Phi) is 7.54. The van der Waals surface area contributed by atoms with Gasteiger partial charge in [0, 0.05) is 6.54 Å². The van der Waals surface area contributed by atoms with Crippen LogP contribution >= 0.6 is 0 Å². The number of hydrogen-bond donors (Lipinski definition) is 3. The topological polar surface area (TPSA) is 78.4 Å². The smallest absolute Gasteiger partial charge is 0.323 e. The maximum atomic E-state index is 11.5. The zero-order valence-electron chi connectivity index (χ0n) is 11.0. The van der Waals surface area contributed by atoms with Crippen molar-refractivity contribution in [2.24, 2.45) is 0 Å². The van der Waals surface area contributed by atoms with Crippen molar-refractivity contribution in [2.75, 3.05) is 13.1 Å². The van der Waals surface area contributed by atoms with Crippen LogP contribution in [0.4, 0.5) is 0 Å². The number of unbranched alkanes of at least 4 members (excludes halogenated alkanes) is 1. The molecule has 100 valence electrons. The van der Waals surface area contributed by atoms with Crippen LogP contribution in [-0.2, 0) is 9.59 Å². The molecule has 17 heavy (non-hydrogen) atoms. The summed E-state index contributed by atoms with van der Waals surface area (Å²) >= 11 is 0. The van der Waals surface area contributed by atoms with Crippen molar-refractivity contribution in [1.82, 2.24) is 10.6 Å². The highest BCUT2D eigenvalue weighted by atomic mass is 16.4. The van der Waals surface area contributed by atoms with Gasteiger partial charge in [-0.3, -0.25) is 14.9 Å². The molecule has 5 nitrogen and oxygen atoms in total. The molecule has 5 heteroatoms. The van der Waals surface area contributed by atoms with Gasteiger partial charge in [-0.2, -0.15) is 0 Å². The van der Waals surface area contributed by atoms with E-state index >= 15 is 0 Å². The Hall–Kier alpha value is -1.10. The lowest BCUT2D eigenvalue weighted by Crippen LogP contribution is -2.54. The Morgan fingerprint density at radius 2 is 1.76 bits per heavy atom. The average molecular weight is 244 g/mol. The first-order valence-electron chi connectivity index (χ1n) is 6.27. The van der Waals surface area contributed by atoms with Crippen molar-refractivity contribution in [2.45, 2.75) is 52.0 Å². The molecule has 0 atom stereocenters. The summed E-state index contributed by atoms with van der Waals surface area (Å²) in [6.07, 6.45) is 2.89. The SMILES string of the molecule is CCCCNC(=O)CNC(CC)(CC)C(=O)O. The third kappa shape index (κ3) is 5.17. The first-order valence-corrected chi connectivity index (χ1v) is 6.27. The molecule has 0 bridgehead atoms. The number of aliphatic carboxylic acids is 1. The summed E-state index contributed by atoms with van der Waals surface area (Å²) in [5, 5.41) is 14.8. The number of amides is 1. The average Bonchev–Trinajstić information content (AvgIpc) is 2.31. The minimum Gasteiger partial charge on any atom is -0.480 e. The van der Waals surface area contributed by atoms with E-state index in [0.29, 0.717) is 19.4 Å². The molecule has 0 heterocycles. The molecular formula is C12H24N2O3. The van der Waals surface area contributed by atoms with Gasteiger partial charge >= 0.3 is 5.97 Å². The highest BCUT2D eigenvalue weighted by Gasteiger charge is 2.34. The maximum absolute atomic E-state index is 11.5. The van der Waals surface area contributed by atoms with Crippen LogP contribution in [0, 0.1) is 0 Å². The van der Waals surface area contributed by atoms with Crippen LogP contribution in [0.2, 0.25) is 0 Å². The fraction of sp³-hybridized carbons (Fsp3) is 0.833. The van der Waals surface area contributed by atoms with Gasteiger partial charge in [-0.25, -0.2) is 0 Å². The van der Waals surface area contributed by atoms with Gasteiger partial charge in [0.15, 0.2) is 0 Å². The van der Waals surface area contributed by atoms with Crippen LogP contribution < -0.4 is 10.6 Å². The monoisotopic (exact) mass is 244 g/mol. The number of rotatable bonds is 9. The van der Waals surface area contributed by atoms with E-state index < -0.39 is 11.5 Å². The highest BCUT2D eigenvalue weighted by Crippen LogP contribution is 2.14. The van der Waals surface area contributed by atoms with Crippen molar-refractivity contribution < 1.29 is 14.7 Å². The summed E-state index contributed by atoms with van der Waals surface area (Å²) in [5.41, 5.74) is -0.984. The van der Waals surface area contributed by atoms with E-state index in [1.54, 1.807) is 13.8 Å². The maximum Gasteiger partial charge on any atom is 0.323 e. The Bertz CT molecular complexity index is 250. The van der Waals surface area contributed by atoms with Crippen LogP contribution in [0.3, 0.4) is 0 Å². The largest absolute Gasteiger partial charge is 0.480 e. The van der Waals surface area contributed by atoms with Gasteiger partial charge in [-0.15, -0.1) is 0 Å². The van der Waals surface area contributed by atoms with E-state index in [0.717, 1.165) is 12.8 Å². The molecule has 0 aliphatic heterocycles. The van der Waals surface area contributed by atoms with Gasteiger partial charge in [0.2, 0.25) is 5.91 Å².